The minimum absolute atomic E-state index is 0.0160. The lowest BCUT2D eigenvalue weighted by Gasteiger charge is -2.16. The largest absolute Gasteiger partial charge is 0.377 e. The molecule has 2 amide bonds. The highest BCUT2D eigenvalue weighted by molar-refractivity contribution is 6.30. The van der Waals surface area contributed by atoms with E-state index in [1.54, 1.807) is 21.2 Å². The van der Waals surface area contributed by atoms with E-state index in [2.05, 4.69) is 11.4 Å². The second-order valence-corrected chi connectivity index (χ2v) is 6.28. The number of carbonyl (C=O) groups is 1. The molecule has 0 aliphatic carbocycles. The van der Waals surface area contributed by atoms with Gasteiger partial charge in [-0.3, -0.25) is 0 Å². The monoisotopic (exact) mass is 346 g/mol. The van der Waals surface area contributed by atoms with Crippen molar-refractivity contribution in [1.82, 2.24) is 4.90 Å². The van der Waals surface area contributed by atoms with Gasteiger partial charge in [0.25, 0.3) is 0 Å². The number of nitrogens with one attached hydrogen (secondary N) is 1. The highest BCUT2D eigenvalue weighted by atomic mass is 35.5. The molecule has 128 valence electrons. The second kappa shape index (κ2) is 8.71. The molecule has 0 spiro atoms. The van der Waals surface area contributed by atoms with Gasteiger partial charge in [-0.05, 0) is 48.2 Å². The highest BCUT2D eigenvalue weighted by Crippen LogP contribution is 2.24. The van der Waals surface area contributed by atoms with Gasteiger partial charge in [0.1, 0.15) is 0 Å². The highest BCUT2D eigenvalue weighted by Gasteiger charge is 2.11. The van der Waals surface area contributed by atoms with Crippen LogP contribution in [-0.4, -0.2) is 32.1 Å². The molecule has 0 fully saturated rings. The number of amides is 2. The maximum Gasteiger partial charge on any atom is 0.321 e. The Hall–Kier alpha value is -2.04. The molecular formula is C19H23ClN2O2. The first-order valence-corrected chi connectivity index (χ1v) is 8.23. The van der Waals surface area contributed by atoms with Gasteiger partial charge in [-0.1, -0.05) is 35.9 Å². The van der Waals surface area contributed by atoms with Gasteiger partial charge in [0, 0.05) is 31.9 Å². The fourth-order valence-electron chi connectivity index (χ4n) is 2.44. The van der Waals surface area contributed by atoms with Crippen LogP contribution in [0.1, 0.15) is 23.7 Å². The fourth-order valence-corrected chi connectivity index (χ4v) is 2.56. The van der Waals surface area contributed by atoms with Crippen LogP contribution in [0, 0.1) is 0 Å². The summed E-state index contributed by atoms with van der Waals surface area (Å²) in [4.78, 5) is 13.2. The van der Waals surface area contributed by atoms with Gasteiger partial charge in [0.2, 0.25) is 0 Å². The van der Waals surface area contributed by atoms with E-state index >= 15 is 0 Å². The number of benzene rings is 2. The van der Waals surface area contributed by atoms with Crippen LogP contribution >= 0.6 is 11.6 Å². The number of urea groups is 1. The number of hydrogen-bond acceptors (Lipinski definition) is 2. The summed E-state index contributed by atoms with van der Waals surface area (Å²) in [5.74, 6) is 0. The van der Waals surface area contributed by atoms with Crippen molar-refractivity contribution in [3.8, 4) is 0 Å². The molecule has 1 atom stereocenters. The number of anilines is 1. The Morgan fingerprint density at radius 3 is 2.54 bits per heavy atom. The Morgan fingerprint density at radius 2 is 1.92 bits per heavy atom. The molecule has 1 unspecified atom stereocenters. The molecule has 0 aliphatic rings. The summed E-state index contributed by atoms with van der Waals surface area (Å²) < 4.78 is 5.60. The molecule has 0 radical (unpaired) electrons. The zero-order valence-corrected chi connectivity index (χ0v) is 15.0. The van der Waals surface area contributed by atoms with Crippen molar-refractivity contribution in [2.24, 2.45) is 0 Å². The lowest BCUT2D eigenvalue weighted by atomic mass is 10.0. The van der Waals surface area contributed by atoms with E-state index in [1.807, 2.05) is 42.5 Å². The van der Waals surface area contributed by atoms with Crippen molar-refractivity contribution >= 4 is 23.3 Å². The molecule has 24 heavy (non-hydrogen) atoms. The Kier molecular flexibility index (Phi) is 6.64. The molecule has 0 aromatic heterocycles. The van der Waals surface area contributed by atoms with Crippen LogP contribution in [0.25, 0.3) is 0 Å². The lowest BCUT2D eigenvalue weighted by Crippen LogP contribution is -2.27. The first-order valence-electron chi connectivity index (χ1n) is 7.85. The number of halogens is 1. The van der Waals surface area contributed by atoms with Crippen molar-refractivity contribution in [3.63, 3.8) is 0 Å². The fraction of sp³-hybridized carbons (Fsp3) is 0.316. The number of aryl methyl sites for hydroxylation is 1. The Bertz CT molecular complexity index is 671. The normalized spacial score (nSPS) is 11.8. The van der Waals surface area contributed by atoms with Crippen LogP contribution in [0.5, 0.6) is 0 Å². The molecular weight excluding hydrogens is 324 g/mol. The molecule has 0 heterocycles. The third kappa shape index (κ3) is 5.25. The molecule has 1 N–H and O–H groups in total. The SMILES string of the molecule is COC(CCc1cccc(NC(=O)N(C)C)c1)c1ccc(Cl)cc1. The number of ether oxygens (including phenoxy) is 1. The lowest BCUT2D eigenvalue weighted by molar-refractivity contribution is 0.0959. The van der Waals surface area contributed by atoms with Crippen molar-refractivity contribution < 1.29 is 9.53 Å². The molecule has 2 rings (SSSR count). The van der Waals surface area contributed by atoms with Gasteiger partial charge in [-0.15, -0.1) is 0 Å². The summed E-state index contributed by atoms with van der Waals surface area (Å²) in [5, 5.41) is 3.58. The second-order valence-electron chi connectivity index (χ2n) is 5.84. The van der Waals surface area contributed by atoms with Crippen LogP contribution < -0.4 is 5.32 Å². The Morgan fingerprint density at radius 1 is 1.21 bits per heavy atom. The van der Waals surface area contributed by atoms with Gasteiger partial charge < -0.3 is 15.0 Å². The van der Waals surface area contributed by atoms with E-state index in [0.29, 0.717) is 0 Å². The van der Waals surface area contributed by atoms with Crippen LogP contribution in [0.15, 0.2) is 48.5 Å². The molecule has 4 nitrogen and oxygen atoms in total. The van der Waals surface area contributed by atoms with Crippen molar-refractivity contribution in [3.05, 3.63) is 64.7 Å². The zero-order chi connectivity index (χ0) is 17.5. The van der Waals surface area contributed by atoms with Gasteiger partial charge in [-0.2, -0.15) is 0 Å². The Balaban J connectivity index is 2.00. The van der Waals surface area contributed by atoms with E-state index in [4.69, 9.17) is 16.3 Å². The summed E-state index contributed by atoms with van der Waals surface area (Å²) >= 11 is 5.93. The standard InChI is InChI=1S/C19H23ClN2O2/c1-22(2)19(23)21-17-6-4-5-14(13-17)7-12-18(24-3)15-8-10-16(20)11-9-15/h4-6,8-11,13,18H,7,12H2,1-3H3,(H,21,23). The van der Waals surface area contributed by atoms with Gasteiger partial charge in [0.05, 0.1) is 6.10 Å². The summed E-state index contributed by atoms with van der Waals surface area (Å²) in [5.41, 5.74) is 3.06. The third-order valence-electron chi connectivity index (χ3n) is 3.81. The van der Waals surface area contributed by atoms with Crippen molar-refractivity contribution in [1.29, 1.82) is 0 Å². The van der Waals surface area contributed by atoms with Crippen molar-refractivity contribution in [2.45, 2.75) is 18.9 Å². The molecule has 0 aliphatic heterocycles. The van der Waals surface area contributed by atoms with Crippen LogP contribution in [-0.2, 0) is 11.2 Å². The molecule has 0 bridgehead atoms. The predicted octanol–water partition coefficient (Wildman–Crippen LogP) is 4.75. The molecule has 5 heteroatoms. The topological polar surface area (TPSA) is 41.6 Å². The predicted molar refractivity (Wildman–Crippen MR) is 98.7 cm³/mol. The number of methoxy groups -OCH3 is 1. The minimum Gasteiger partial charge on any atom is -0.377 e. The van der Waals surface area contributed by atoms with Gasteiger partial charge in [-0.25, -0.2) is 4.79 Å². The smallest absolute Gasteiger partial charge is 0.321 e. The molecule has 0 saturated heterocycles. The van der Waals surface area contributed by atoms with Crippen LogP contribution in [0.2, 0.25) is 5.02 Å². The van der Waals surface area contributed by atoms with Gasteiger partial charge >= 0.3 is 6.03 Å². The first kappa shape index (κ1) is 18.3. The average Bonchev–Trinajstić information content (AvgIpc) is 2.57. The zero-order valence-electron chi connectivity index (χ0n) is 14.3. The van der Waals surface area contributed by atoms with Crippen LogP contribution in [0.4, 0.5) is 10.5 Å². The summed E-state index contributed by atoms with van der Waals surface area (Å²) in [6.45, 7) is 0. The number of nitrogens with zero attached hydrogens (tertiary/aromatic N) is 1. The molecule has 2 aromatic rings. The Labute approximate surface area is 148 Å². The molecule has 2 aromatic carbocycles. The number of rotatable bonds is 6. The van der Waals surface area contributed by atoms with Crippen molar-refractivity contribution in [2.75, 3.05) is 26.5 Å². The first-order chi connectivity index (χ1) is 11.5. The van der Waals surface area contributed by atoms with E-state index < -0.39 is 0 Å². The van der Waals surface area contributed by atoms with E-state index in [1.165, 1.54) is 4.90 Å². The maximum atomic E-state index is 11.7. The number of carbonyl (C=O) groups excluding carboxylic acids is 1. The number of hydrogen-bond donors (Lipinski definition) is 1. The van der Waals surface area contributed by atoms with E-state index in [0.717, 1.165) is 34.7 Å². The minimum atomic E-state index is -0.136. The summed E-state index contributed by atoms with van der Waals surface area (Å²) in [6, 6.07) is 15.5. The van der Waals surface area contributed by atoms with Crippen LogP contribution in [0.3, 0.4) is 0 Å². The maximum absolute atomic E-state index is 11.7. The summed E-state index contributed by atoms with van der Waals surface area (Å²) in [6.07, 6.45) is 1.72. The van der Waals surface area contributed by atoms with Gasteiger partial charge in [0.15, 0.2) is 0 Å². The third-order valence-corrected chi connectivity index (χ3v) is 4.06. The van der Waals surface area contributed by atoms with E-state index in [-0.39, 0.29) is 12.1 Å². The molecule has 0 saturated carbocycles. The van der Waals surface area contributed by atoms with E-state index in [9.17, 15) is 4.79 Å². The quantitative estimate of drug-likeness (QED) is 0.819. The average molecular weight is 347 g/mol. The summed E-state index contributed by atoms with van der Waals surface area (Å²) in [7, 11) is 5.15.